The van der Waals surface area contributed by atoms with Crippen molar-refractivity contribution in [3.8, 4) is 11.5 Å². The van der Waals surface area contributed by atoms with Gasteiger partial charge in [-0.1, -0.05) is 38.1 Å². The van der Waals surface area contributed by atoms with Crippen LogP contribution in [0.15, 0.2) is 48.5 Å². The molecule has 4 rings (SSSR count). The first-order valence-corrected chi connectivity index (χ1v) is 11.8. The maximum atomic E-state index is 13.2. The van der Waals surface area contributed by atoms with Crippen LogP contribution in [0.2, 0.25) is 0 Å². The molecule has 1 amide bonds. The molecule has 2 aromatic rings. The second-order valence-corrected chi connectivity index (χ2v) is 9.01. The average Bonchev–Trinajstić information content (AvgIpc) is 3.07. The van der Waals surface area contributed by atoms with Crippen LogP contribution in [0, 0.1) is 5.92 Å². The van der Waals surface area contributed by atoms with Crippen LogP contribution in [0.1, 0.15) is 38.8 Å². The maximum absolute atomic E-state index is 13.2. The summed E-state index contributed by atoms with van der Waals surface area (Å²) in [6.07, 6.45) is 0.888. The molecule has 2 heterocycles. The first-order valence-electron chi connectivity index (χ1n) is 11.8. The SMILES string of the molecule is CC(C)[C@@H](N[C@@H](C)C(=O)N1CCN(c2ccccc2)CC1)c1ccc2c(c1)OCCCO2. The van der Waals surface area contributed by atoms with Gasteiger partial charge < -0.3 is 19.3 Å². The number of benzene rings is 2. The number of fused-ring (bicyclic) bond motifs is 1. The quantitative estimate of drug-likeness (QED) is 0.744. The predicted octanol–water partition coefficient (Wildman–Crippen LogP) is 3.87. The van der Waals surface area contributed by atoms with Gasteiger partial charge >= 0.3 is 0 Å². The Morgan fingerprint density at radius 3 is 2.28 bits per heavy atom. The van der Waals surface area contributed by atoms with Crippen molar-refractivity contribution in [2.75, 3.05) is 44.3 Å². The van der Waals surface area contributed by atoms with Crippen LogP contribution in [0.25, 0.3) is 0 Å². The second kappa shape index (κ2) is 10.3. The van der Waals surface area contributed by atoms with Crippen molar-refractivity contribution >= 4 is 11.6 Å². The monoisotopic (exact) mass is 437 g/mol. The number of rotatable bonds is 6. The van der Waals surface area contributed by atoms with Gasteiger partial charge in [-0.25, -0.2) is 0 Å². The van der Waals surface area contributed by atoms with Crippen molar-refractivity contribution in [2.24, 2.45) is 5.92 Å². The number of amides is 1. The summed E-state index contributed by atoms with van der Waals surface area (Å²) in [5.41, 5.74) is 2.35. The number of hydrogen-bond donors (Lipinski definition) is 1. The van der Waals surface area contributed by atoms with Gasteiger partial charge in [-0.15, -0.1) is 0 Å². The van der Waals surface area contributed by atoms with Gasteiger partial charge in [-0.2, -0.15) is 0 Å². The summed E-state index contributed by atoms with van der Waals surface area (Å²) in [5.74, 6) is 2.08. The van der Waals surface area contributed by atoms with Crippen molar-refractivity contribution in [3.63, 3.8) is 0 Å². The minimum absolute atomic E-state index is 0.0525. The molecule has 0 bridgehead atoms. The van der Waals surface area contributed by atoms with Gasteiger partial charge in [-0.05, 0) is 42.7 Å². The van der Waals surface area contributed by atoms with Gasteiger partial charge in [-0.3, -0.25) is 10.1 Å². The van der Waals surface area contributed by atoms with E-state index in [1.54, 1.807) is 0 Å². The number of carbonyl (C=O) groups is 1. The van der Waals surface area contributed by atoms with E-state index in [-0.39, 0.29) is 18.0 Å². The Balaban J connectivity index is 1.38. The molecule has 6 heteroatoms. The highest BCUT2D eigenvalue weighted by molar-refractivity contribution is 5.81. The standard InChI is InChI=1S/C26H35N3O3/c1-19(2)25(21-10-11-23-24(18-21)32-17-7-16-31-23)27-20(3)26(30)29-14-12-28(13-15-29)22-8-5-4-6-9-22/h4-6,8-11,18-20,25,27H,7,12-17H2,1-3H3/t20-,25+/m0/s1. The van der Waals surface area contributed by atoms with Gasteiger partial charge in [0.15, 0.2) is 11.5 Å². The van der Waals surface area contributed by atoms with Gasteiger partial charge in [0.25, 0.3) is 0 Å². The number of nitrogens with zero attached hydrogens (tertiary/aromatic N) is 2. The van der Waals surface area contributed by atoms with Crippen LogP contribution < -0.4 is 19.7 Å². The molecule has 0 spiro atoms. The zero-order valence-electron chi connectivity index (χ0n) is 19.4. The minimum Gasteiger partial charge on any atom is -0.490 e. The van der Waals surface area contributed by atoms with Gasteiger partial charge in [0.2, 0.25) is 5.91 Å². The van der Waals surface area contributed by atoms with Gasteiger partial charge in [0, 0.05) is 44.3 Å². The van der Waals surface area contributed by atoms with Gasteiger partial charge in [0.1, 0.15) is 0 Å². The van der Waals surface area contributed by atoms with Gasteiger partial charge in [0.05, 0.1) is 19.3 Å². The zero-order chi connectivity index (χ0) is 22.5. The first kappa shape index (κ1) is 22.5. The van der Waals surface area contributed by atoms with E-state index in [4.69, 9.17) is 9.47 Å². The molecule has 2 aliphatic rings. The Kier molecular flexibility index (Phi) is 7.20. The highest BCUT2D eigenvalue weighted by Gasteiger charge is 2.28. The second-order valence-electron chi connectivity index (χ2n) is 9.01. The normalized spacial score (nSPS) is 18.2. The molecule has 2 atom stereocenters. The molecule has 6 nitrogen and oxygen atoms in total. The number of para-hydroxylation sites is 1. The number of anilines is 1. The van der Waals surface area contributed by atoms with Crippen LogP contribution in [0.4, 0.5) is 5.69 Å². The van der Waals surface area contributed by atoms with E-state index in [2.05, 4.69) is 60.5 Å². The molecular formula is C26H35N3O3. The lowest BCUT2D eigenvalue weighted by Crippen LogP contribution is -2.54. The molecule has 1 saturated heterocycles. The van der Waals surface area contributed by atoms with Crippen molar-refractivity contribution in [1.82, 2.24) is 10.2 Å². The fourth-order valence-corrected chi connectivity index (χ4v) is 4.49. The number of carbonyl (C=O) groups excluding carboxylic acids is 1. The molecule has 0 saturated carbocycles. The molecular weight excluding hydrogens is 402 g/mol. The number of hydrogen-bond acceptors (Lipinski definition) is 5. The van der Waals surface area contributed by atoms with Crippen molar-refractivity contribution in [2.45, 2.75) is 39.3 Å². The lowest BCUT2D eigenvalue weighted by atomic mass is 9.94. The zero-order valence-corrected chi connectivity index (χ0v) is 19.4. The lowest BCUT2D eigenvalue weighted by Gasteiger charge is -2.38. The maximum Gasteiger partial charge on any atom is 0.239 e. The van der Waals surface area contributed by atoms with Crippen LogP contribution in [-0.2, 0) is 4.79 Å². The van der Waals surface area contributed by atoms with E-state index in [1.165, 1.54) is 5.69 Å². The Bertz CT molecular complexity index is 894. The van der Waals surface area contributed by atoms with E-state index in [0.29, 0.717) is 19.1 Å². The highest BCUT2D eigenvalue weighted by Crippen LogP contribution is 2.34. The number of piperazine rings is 1. The molecule has 0 aromatic heterocycles. The van der Waals surface area contributed by atoms with E-state index >= 15 is 0 Å². The molecule has 2 aliphatic heterocycles. The van der Waals surface area contributed by atoms with Crippen LogP contribution in [0.5, 0.6) is 11.5 Å². The summed E-state index contributed by atoms with van der Waals surface area (Å²) >= 11 is 0. The van der Waals surface area contributed by atoms with Crippen LogP contribution in [-0.4, -0.2) is 56.2 Å². The molecule has 0 radical (unpaired) electrons. The molecule has 172 valence electrons. The summed E-state index contributed by atoms with van der Waals surface area (Å²) in [6, 6.07) is 16.3. The third-order valence-electron chi connectivity index (χ3n) is 6.31. The van der Waals surface area contributed by atoms with Crippen molar-refractivity contribution < 1.29 is 14.3 Å². The lowest BCUT2D eigenvalue weighted by molar-refractivity contribution is -0.133. The van der Waals surface area contributed by atoms with E-state index in [9.17, 15) is 4.79 Å². The fourth-order valence-electron chi connectivity index (χ4n) is 4.49. The average molecular weight is 438 g/mol. The molecule has 0 unspecified atom stereocenters. The van der Waals surface area contributed by atoms with E-state index in [0.717, 1.165) is 49.7 Å². The summed E-state index contributed by atoms with van der Waals surface area (Å²) in [4.78, 5) is 17.5. The molecule has 1 N–H and O–H groups in total. The van der Waals surface area contributed by atoms with Crippen molar-refractivity contribution in [3.05, 3.63) is 54.1 Å². The van der Waals surface area contributed by atoms with E-state index < -0.39 is 0 Å². The predicted molar refractivity (Wildman–Crippen MR) is 127 cm³/mol. The fraction of sp³-hybridized carbons (Fsp3) is 0.500. The molecule has 0 aliphatic carbocycles. The first-order chi connectivity index (χ1) is 15.5. The summed E-state index contributed by atoms with van der Waals surface area (Å²) in [6.45, 7) is 10.9. The third-order valence-corrected chi connectivity index (χ3v) is 6.31. The largest absolute Gasteiger partial charge is 0.490 e. The highest BCUT2D eigenvalue weighted by atomic mass is 16.5. The Labute approximate surface area is 191 Å². The molecule has 1 fully saturated rings. The summed E-state index contributed by atoms with van der Waals surface area (Å²) in [5, 5.41) is 3.59. The smallest absolute Gasteiger partial charge is 0.239 e. The Hall–Kier alpha value is -2.73. The summed E-state index contributed by atoms with van der Waals surface area (Å²) < 4.78 is 11.7. The number of ether oxygens (including phenoxy) is 2. The summed E-state index contributed by atoms with van der Waals surface area (Å²) in [7, 11) is 0. The molecule has 32 heavy (non-hydrogen) atoms. The van der Waals surface area contributed by atoms with Crippen LogP contribution in [0.3, 0.4) is 0 Å². The Morgan fingerprint density at radius 1 is 0.906 bits per heavy atom. The topological polar surface area (TPSA) is 54.0 Å². The van der Waals surface area contributed by atoms with Crippen LogP contribution >= 0.6 is 0 Å². The Morgan fingerprint density at radius 2 is 1.59 bits per heavy atom. The molecule has 2 aromatic carbocycles. The van der Waals surface area contributed by atoms with E-state index in [1.807, 2.05) is 24.0 Å². The number of nitrogens with one attached hydrogen (secondary N) is 1. The van der Waals surface area contributed by atoms with Crippen molar-refractivity contribution in [1.29, 1.82) is 0 Å². The minimum atomic E-state index is -0.262. The third kappa shape index (κ3) is 5.18.